The molecular formula is C24H22N2O6. The highest BCUT2D eigenvalue weighted by Gasteiger charge is 2.45. The molecule has 164 valence electrons. The number of ether oxygens (including phenoxy) is 1. The van der Waals surface area contributed by atoms with Crippen molar-refractivity contribution in [2.24, 2.45) is 0 Å². The molecule has 8 nitrogen and oxygen atoms in total. The highest BCUT2D eigenvalue weighted by Crippen LogP contribution is 2.40. The lowest BCUT2D eigenvalue weighted by molar-refractivity contribution is -0.384. The molecule has 1 aliphatic rings. The molecule has 1 fully saturated rings. The van der Waals surface area contributed by atoms with E-state index < -0.39 is 22.7 Å². The zero-order valence-corrected chi connectivity index (χ0v) is 17.5. The van der Waals surface area contributed by atoms with E-state index in [1.165, 1.54) is 35.2 Å². The van der Waals surface area contributed by atoms with Crippen LogP contribution in [-0.4, -0.2) is 39.8 Å². The summed E-state index contributed by atoms with van der Waals surface area (Å²) in [4.78, 5) is 37.3. The molecule has 0 radical (unpaired) electrons. The van der Waals surface area contributed by atoms with E-state index in [9.17, 15) is 24.8 Å². The summed E-state index contributed by atoms with van der Waals surface area (Å²) in [5.74, 6) is -1.37. The van der Waals surface area contributed by atoms with E-state index >= 15 is 0 Å². The summed E-state index contributed by atoms with van der Waals surface area (Å²) in [6.45, 7) is 9.36. The highest BCUT2D eigenvalue weighted by atomic mass is 16.6. The van der Waals surface area contributed by atoms with Crippen molar-refractivity contribution in [1.82, 2.24) is 4.90 Å². The molecule has 1 unspecified atom stereocenters. The predicted molar refractivity (Wildman–Crippen MR) is 119 cm³/mol. The van der Waals surface area contributed by atoms with Crippen LogP contribution < -0.4 is 4.74 Å². The molecule has 1 saturated heterocycles. The summed E-state index contributed by atoms with van der Waals surface area (Å²) in [5, 5.41) is 22.1. The Hall–Kier alpha value is -4.20. The lowest BCUT2D eigenvalue weighted by atomic mass is 9.93. The van der Waals surface area contributed by atoms with Gasteiger partial charge in [0.05, 0.1) is 16.5 Å². The maximum Gasteiger partial charge on any atom is 0.295 e. The number of amides is 1. The predicted octanol–water partition coefficient (Wildman–Crippen LogP) is 4.08. The first-order valence-electron chi connectivity index (χ1n) is 9.78. The fourth-order valence-corrected chi connectivity index (χ4v) is 3.62. The number of non-ortho nitro benzene ring substituents is 1. The van der Waals surface area contributed by atoms with E-state index in [-0.39, 0.29) is 23.6 Å². The van der Waals surface area contributed by atoms with Gasteiger partial charge < -0.3 is 14.7 Å². The van der Waals surface area contributed by atoms with Crippen molar-refractivity contribution in [1.29, 1.82) is 0 Å². The molecule has 0 aliphatic carbocycles. The number of aryl methyl sites for hydroxylation is 1. The van der Waals surface area contributed by atoms with Crippen molar-refractivity contribution in [2.75, 3.05) is 13.2 Å². The number of carbonyl (C=O) groups is 2. The number of hydrogen-bond donors (Lipinski definition) is 1. The van der Waals surface area contributed by atoms with Crippen LogP contribution in [0.1, 0.15) is 22.7 Å². The summed E-state index contributed by atoms with van der Waals surface area (Å²) in [5.41, 5.74) is 1.26. The third-order valence-electron chi connectivity index (χ3n) is 5.11. The first-order valence-corrected chi connectivity index (χ1v) is 9.78. The van der Waals surface area contributed by atoms with Crippen molar-refractivity contribution in [2.45, 2.75) is 13.0 Å². The monoisotopic (exact) mass is 434 g/mol. The molecule has 0 spiro atoms. The van der Waals surface area contributed by atoms with E-state index in [1.807, 2.05) is 0 Å². The molecule has 2 aromatic rings. The van der Waals surface area contributed by atoms with Gasteiger partial charge in [-0.15, -0.1) is 6.58 Å². The molecule has 3 rings (SSSR count). The first-order chi connectivity index (χ1) is 15.3. The topological polar surface area (TPSA) is 110 Å². The van der Waals surface area contributed by atoms with Gasteiger partial charge in [0, 0.05) is 24.2 Å². The van der Waals surface area contributed by atoms with Gasteiger partial charge in [0.1, 0.15) is 18.1 Å². The molecular weight excluding hydrogens is 412 g/mol. The number of nitro groups is 1. The molecule has 8 heteroatoms. The minimum Gasteiger partial charge on any atom is -0.507 e. The number of nitro benzene ring substituents is 1. The molecule has 0 bridgehead atoms. The quantitative estimate of drug-likeness (QED) is 0.167. The van der Waals surface area contributed by atoms with E-state index in [2.05, 4.69) is 13.2 Å². The minimum atomic E-state index is -0.912. The Balaban J connectivity index is 2.13. The standard InChI is InChI=1S/C24H22N2O6/c1-4-12-25-21(16-6-8-17(9-7-16)26(30)31)20(23(28)24(25)29)22(27)19-11-10-18(14-15(19)3)32-13-5-2/h4-11,14,21,27H,1-2,12-13H2,3H3. The van der Waals surface area contributed by atoms with Gasteiger partial charge in [-0.1, -0.05) is 18.7 Å². The van der Waals surface area contributed by atoms with Crippen LogP contribution in [0.4, 0.5) is 5.69 Å². The van der Waals surface area contributed by atoms with Gasteiger partial charge in [-0.3, -0.25) is 19.7 Å². The van der Waals surface area contributed by atoms with Gasteiger partial charge in [0.25, 0.3) is 17.4 Å². The Kier molecular flexibility index (Phi) is 6.53. The Labute approximate surface area is 184 Å². The van der Waals surface area contributed by atoms with Crippen LogP contribution in [0.25, 0.3) is 5.76 Å². The number of hydrogen-bond acceptors (Lipinski definition) is 6. The molecule has 1 heterocycles. The number of Topliss-reactive ketones (excluding diaryl/α,β-unsaturated/α-hetero) is 1. The lowest BCUT2D eigenvalue weighted by Gasteiger charge is -2.24. The van der Waals surface area contributed by atoms with Gasteiger partial charge >= 0.3 is 0 Å². The maximum absolute atomic E-state index is 12.9. The van der Waals surface area contributed by atoms with Crippen LogP contribution in [0.3, 0.4) is 0 Å². The molecule has 2 aromatic carbocycles. The Bertz CT molecular complexity index is 1130. The Morgan fingerprint density at radius 2 is 1.88 bits per heavy atom. The number of nitrogens with zero attached hydrogens (tertiary/aromatic N) is 2. The van der Waals surface area contributed by atoms with Gasteiger partial charge in [-0.25, -0.2) is 0 Å². The summed E-state index contributed by atoms with van der Waals surface area (Å²) < 4.78 is 5.49. The summed E-state index contributed by atoms with van der Waals surface area (Å²) in [6, 6.07) is 9.57. The third-order valence-corrected chi connectivity index (χ3v) is 5.11. The fourth-order valence-electron chi connectivity index (χ4n) is 3.62. The van der Waals surface area contributed by atoms with E-state index in [4.69, 9.17) is 4.74 Å². The van der Waals surface area contributed by atoms with E-state index in [0.29, 0.717) is 29.0 Å². The Morgan fingerprint density at radius 3 is 2.44 bits per heavy atom. The zero-order chi connectivity index (χ0) is 23.4. The second-order valence-corrected chi connectivity index (χ2v) is 7.17. The molecule has 0 saturated carbocycles. The minimum absolute atomic E-state index is 0.0658. The van der Waals surface area contributed by atoms with Crippen molar-refractivity contribution in [3.8, 4) is 5.75 Å². The maximum atomic E-state index is 12.9. The molecule has 1 aliphatic heterocycles. The highest BCUT2D eigenvalue weighted by molar-refractivity contribution is 6.46. The number of likely N-dealkylation sites (tertiary alicyclic amines) is 1. The van der Waals surface area contributed by atoms with Gasteiger partial charge in [-0.05, 0) is 48.4 Å². The van der Waals surface area contributed by atoms with Crippen LogP contribution in [-0.2, 0) is 9.59 Å². The largest absolute Gasteiger partial charge is 0.507 e. The Morgan fingerprint density at radius 1 is 1.19 bits per heavy atom. The molecule has 32 heavy (non-hydrogen) atoms. The van der Waals surface area contributed by atoms with Crippen LogP contribution in [0.5, 0.6) is 5.75 Å². The van der Waals surface area contributed by atoms with Crippen molar-refractivity contribution < 1.29 is 24.4 Å². The third kappa shape index (κ3) is 4.15. The zero-order valence-electron chi connectivity index (χ0n) is 17.5. The second-order valence-electron chi connectivity index (χ2n) is 7.17. The van der Waals surface area contributed by atoms with Gasteiger partial charge in [0.15, 0.2) is 0 Å². The van der Waals surface area contributed by atoms with Gasteiger partial charge in [0.2, 0.25) is 0 Å². The second kappa shape index (κ2) is 9.30. The van der Waals surface area contributed by atoms with Gasteiger partial charge in [-0.2, -0.15) is 0 Å². The van der Waals surface area contributed by atoms with Crippen LogP contribution in [0.15, 0.2) is 73.3 Å². The van der Waals surface area contributed by atoms with E-state index in [1.54, 1.807) is 31.2 Å². The van der Waals surface area contributed by atoms with Crippen molar-refractivity contribution >= 4 is 23.1 Å². The first kappa shape index (κ1) is 22.5. The average Bonchev–Trinajstić information content (AvgIpc) is 3.02. The normalized spacial score (nSPS) is 17.3. The van der Waals surface area contributed by atoms with Crippen LogP contribution in [0, 0.1) is 17.0 Å². The molecule has 0 aromatic heterocycles. The van der Waals surface area contributed by atoms with Crippen molar-refractivity contribution in [3.05, 3.63) is 100 Å². The van der Waals surface area contributed by atoms with Crippen LogP contribution in [0.2, 0.25) is 0 Å². The molecule has 1 N–H and O–H groups in total. The summed E-state index contributed by atoms with van der Waals surface area (Å²) >= 11 is 0. The SMILES string of the molecule is C=CCOc1ccc(C(O)=C2C(=O)C(=O)N(CC=C)C2c2ccc([N+](=O)[O-])cc2)c(C)c1. The number of benzene rings is 2. The lowest BCUT2D eigenvalue weighted by Crippen LogP contribution is -2.29. The summed E-state index contributed by atoms with van der Waals surface area (Å²) in [7, 11) is 0. The fraction of sp³-hybridized carbons (Fsp3) is 0.167. The number of ketones is 1. The number of rotatable bonds is 8. The number of aliphatic hydroxyl groups excluding tert-OH is 1. The number of aliphatic hydroxyl groups is 1. The molecule has 1 atom stereocenters. The van der Waals surface area contributed by atoms with E-state index in [0.717, 1.165) is 0 Å². The smallest absolute Gasteiger partial charge is 0.295 e. The molecule has 1 amide bonds. The average molecular weight is 434 g/mol. The summed E-state index contributed by atoms with van der Waals surface area (Å²) in [6.07, 6.45) is 3.08. The number of carbonyl (C=O) groups excluding carboxylic acids is 2. The van der Waals surface area contributed by atoms with Crippen molar-refractivity contribution in [3.63, 3.8) is 0 Å². The van der Waals surface area contributed by atoms with Crippen LogP contribution >= 0.6 is 0 Å².